The van der Waals surface area contributed by atoms with Crippen LogP contribution in [0.1, 0.15) is 25.6 Å². The first-order valence-electron chi connectivity index (χ1n) is 5.07. The van der Waals surface area contributed by atoms with Crippen LogP contribution in [-0.2, 0) is 0 Å². The van der Waals surface area contributed by atoms with E-state index >= 15 is 0 Å². The number of carbonyl (C=O) groups excluding carboxylic acids is 1. The van der Waals surface area contributed by atoms with Crippen molar-refractivity contribution in [1.82, 2.24) is 3.56 Å². The fraction of sp³-hybridized carbons (Fsp3) is 0.333. The summed E-state index contributed by atoms with van der Waals surface area (Å²) in [6, 6.07) is 7.44. The normalized spacial score (nSPS) is 11.9. The summed E-state index contributed by atoms with van der Waals surface area (Å²) in [5.74, 6) is -0.0892. The van der Waals surface area contributed by atoms with Crippen LogP contribution in [0.25, 0.3) is 9.65 Å². The second kappa shape index (κ2) is 3.72. The van der Waals surface area contributed by atoms with Gasteiger partial charge in [0, 0.05) is 0 Å². The molecule has 0 aliphatic carbocycles. The monoisotopic (exact) mass is 283 g/mol. The van der Waals surface area contributed by atoms with Crippen molar-refractivity contribution in [3.63, 3.8) is 0 Å². The van der Waals surface area contributed by atoms with E-state index in [0.29, 0.717) is 5.39 Å². The van der Waals surface area contributed by atoms with Crippen LogP contribution >= 0.6 is 0 Å². The van der Waals surface area contributed by atoms with Gasteiger partial charge < -0.3 is 0 Å². The second-order valence-corrected chi connectivity index (χ2v) is 6.81. The van der Waals surface area contributed by atoms with Gasteiger partial charge in [0.15, 0.2) is 0 Å². The Morgan fingerprint density at radius 3 is 2.44 bits per heavy atom. The Kier molecular flexibility index (Phi) is 2.64. The van der Waals surface area contributed by atoms with Gasteiger partial charge in [-0.05, 0) is 0 Å². The molecule has 0 atom stereocenters. The van der Waals surface area contributed by atoms with E-state index in [2.05, 4.69) is 0 Å². The van der Waals surface area contributed by atoms with E-state index in [1.807, 2.05) is 39.0 Å². The van der Waals surface area contributed by atoms with E-state index in [-0.39, 0.29) is 26.2 Å². The maximum absolute atomic E-state index is 12.1. The summed E-state index contributed by atoms with van der Waals surface area (Å²) in [7, 11) is 0. The van der Waals surface area contributed by atoms with E-state index in [4.69, 9.17) is 0 Å². The first-order valence-corrected chi connectivity index (χ1v) is 6.69. The third-order valence-electron chi connectivity index (χ3n) is 2.32. The van der Waals surface area contributed by atoms with Gasteiger partial charge in [0.25, 0.3) is 0 Å². The molecule has 0 N–H and O–H groups in total. The van der Waals surface area contributed by atoms with Gasteiger partial charge in [-0.3, -0.25) is 0 Å². The van der Waals surface area contributed by atoms with Crippen LogP contribution in [0.3, 0.4) is 0 Å². The molecule has 84 valence electrons. The Labute approximate surface area is 99.7 Å². The zero-order chi connectivity index (χ0) is 11.9. The summed E-state index contributed by atoms with van der Waals surface area (Å²) in [6.45, 7) is 5.50. The van der Waals surface area contributed by atoms with Crippen LogP contribution in [-0.4, -0.2) is 24.2 Å². The molecule has 0 saturated carbocycles. The fourth-order valence-electron chi connectivity index (χ4n) is 1.41. The Bertz CT molecular complexity index is 601. The summed E-state index contributed by atoms with van der Waals surface area (Å²) >= 11 is -0.196. The van der Waals surface area contributed by atoms with Crippen molar-refractivity contribution in [1.29, 1.82) is 0 Å². The molecule has 0 radical (unpaired) electrons. The molecule has 2 aromatic rings. The van der Waals surface area contributed by atoms with Gasteiger partial charge in [0.05, 0.1) is 0 Å². The first-order chi connectivity index (χ1) is 7.41. The van der Waals surface area contributed by atoms with Crippen molar-refractivity contribution in [2.75, 3.05) is 0 Å². The molecule has 0 amide bonds. The summed E-state index contributed by atoms with van der Waals surface area (Å²) in [4.78, 5) is 24.1. The number of hydrogen-bond acceptors (Lipinski definition) is 2. The van der Waals surface area contributed by atoms with Crippen molar-refractivity contribution in [3.05, 3.63) is 34.6 Å². The second-order valence-electron chi connectivity index (χ2n) is 4.74. The van der Waals surface area contributed by atoms with Crippen LogP contribution in [0.15, 0.2) is 29.1 Å². The maximum atomic E-state index is 12.1. The van der Waals surface area contributed by atoms with Crippen LogP contribution in [0.5, 0.6) is 0 Å². The molecule has 1 heterocycles. The molecule has 0 fully saturated rings. The minimum atomic E-state index is -0.501. The van der Waals surface area contributed by atoms with E-state index in [1.54, 1.807) is 6.07 Å². The summed E-state index contributed by atoms with van der Waals surface area (Å²) in [5, 5.41) is 0.681. The van der Waals surface area contributed by atoms with Crippen molar-refractivity contribution in [2.24, 2.45) is 5.41 Å². The number of nitrogens with zero attached hydrogens (tertiary/aromatic N) is 1. The number of carbonyl (C=O) groups is 1. The van der Waals surface area contributed by atoms with Gasteiger partial charge in [0.1, 0.15) is 0 Å². The van der Waals surface area contributed by atoms with Crippen LogP contribution in [0.2, 0.25) is 0 Å². The van der Waals surface area contributed by atoms with Gasteiger partial charge in [-0.2, -0.15) is 0 Å². The Morgan fingerprint density at radius 1 is 1.25 bits per heavy atom. The molecular formula is C12H13NO2Se. The first kappa shape index (κ1) is 11.4. The Morgan fingerprint density at radius 2 is 1.88 bits per heavy atom. The van der Waals surface area contributed by atoms with Crippen LogP contribution in [0.4, 0.5) is 0 Å². The molecule has 4 heteroatoms. The molecule has 3 nitrogen and oxygen atoms in total. The average molecular weight is 282 g/mol. The number of benzene rings is 1. The van der Waals surface area contributed by atoms with Gasteiger partial charge >= 0.3 is 99.4 Å². The third-order valence-corrected chi connectivity index (χ3v) is 4.56. The average Bonchev–Trinajstić information content (AvgIpc) is 2.54. The summed E-state index contributed by atoms with van der Waals surface area (Å²) in [6.07, 6.45) is 0. The van der Waals surface area contributed by atoms with Crippen molar-refractivity contribution in [3.8, 4) is 0 Å². The predicted molar refractivity (Wildman–Crippen MR) is 65.2 cm³/mol. The molecule has 2 rings (SSSR count). The van der Waals surface area contributed by atoms with E-state index < -0.39 is 5.41 Å². The summed E-state index contributed by atoms with van der Waals surface area (Å²) < 4.78 is 2.40. The molecule has 0 aliphatic heterocycles. The number of rotatable bonds is 0. The standard InChI is InChI=1S/C12H13NO2Se/c1-12(2,3)11(15)13-10(14)8-6-4-5-7-9(8)16-13/h4-7H,1-3H3. The minimum absolute atomic E-state index is 0.0892. The fourth-order valence-corrected chi connectivity index (χ4v) is 3.78. The van der Waals surface area contributed by atoms with Crippen LogP contribution in [0, 0.1) is 5.41 Å². The number of fused-ring (bicyclic) bond motifs is 1. The van der Waals surface area contributed by atoms with Gasteiger partial charge in [-0.1, -0.05) is 0 Å². The Hall–Kier alpha value is -1.12. The van der Waals surface area contributed by atoms with Crippen molar-refractivity contribution in [2.45, 2.75) is 20.8 Å². The topological polar surface area (TPSA) is 39.1 Å². The zero-order valence-corrected chi connectivity index (χ0v) is 11.2. The van der Waals surface area contributed by atoms with E-state index in [9.17, 15) is 9.59 Å². The molecule has 1 aromatic carbocycles. The quantitative estimate of drug-likeness (QED) is 0.690. The molecule has 1 aromatic heterocycles. The van der Waals surface area contributed by atoms with Crippen molar-refractivity contribution >= 4 is 30.3 Å². The third kappa shape index (κ3) is 1.79. The molecule has 0 unspecified atom stereocenters. The molecule has 16 heavy (non-hydrogen) atoms. The Balaban J connectivity index is 2.68. The van der Waals surface area contributed by atoms with Gasteiger partial charge in [-0.15, -0.1) is 0 Å². The van der Waals surface area contributed by atoms with Gasteiger partial charge in [0.2, 0.25) is 0 Å². The number of hydrogen-bond donors (Lipinski definition) is 0. The van der Waals surface area contributed by atoms with Crippen LogP contribution < -0.4 is 5.56 Å². The molecule has 0 spiro atoms. The molecule has 0 aliphatic rings. The molecule has 0 saturated heterocycles. The number of aromatic nitrogens is 1. The van der Waals surface area contributed by atoms with E-state index in [1.165, 1.54) is 3.56 Å². The molecule has 0 bridgehead atoms. The van der Waals surface area contributed by atoms with E-state index in [0.717, 1.165) is 4.26 Å². The zero-order valence-electron chi connectivity index (χ0n) is 9.48. The summed E-state index contributed by atoms with van der Waals surface area (Å²) in [5.41, 5.74) is -0.644. The predicted octanol–water partition coefficient (Wildman–Crippen LogP) is 1.74. The van der Waals surface area contributed by atoms with Gasteiger partial charge in [-0.25, -0.2) is 0 Å². The molecular weight excluding hydrogens is 269 g/mol. The SMILES string of the molecule is CC(C)(C)C(=O)n1[se]c2ccccc2c1=O. The van der Waals surface area contributed by atoms with Crippen molar-refractivity contribution < 1.29 is 4.79 Å².